The Balaban J connectivity index is 2.10. The standard InChI is InChI=1S/C8H15NO/c10-8-4-2-1-3-7(8)5-9-6-8/h7,9-10H,1-6H2. The third-order valence-corrected chi connectivity index (χ3v) is 2.99. The second kappa shape index (κ2) is 2.21. The first-order chi connectivity index (χ1) is 4.81. The highest BCUT2D eigenvalue weighted by molar-refractivity contribution is 4.97. The first-order valence-corrected chi connectivity index (χ1v) is 4.24. The van der Waals surface area contributed by atoms with E-state index in [-0.39, 0.29) is 5.60 Å². The van der Waals surface area contributed by atoms with E-state index in [4.69, 9.17) is 0 Å². The SMILES string of the molecule is OC12CCCCC1CNC2. The summed E-state index contributed by atoms with van der Waals surface area (Å²) in [6, 6.07) is 0. The van der Waals surface area contributed by atoms with Gasteiger partial charge in [0, 0.05) is 19.0 Å². The largest absolute Gasteiger partial charge is 0.388 e. The summed E-state index contributed by atoms with van der Waals surface area (Å²) in [7, 11) is 0. The summed E-state index contributed by atoms with van der Waals surface area (Å²) >= 11 is 0. The lowest BCUT2D eigenvalue weighted by molar-refractivity contribution is -0.0128. The van der Waals surface area contributed by atoms with E-state index >= 15 is 0 Å². The van der Waals surface area contributed by atoms with E-state index in [1.165, 1.54) is 19.3 Å². The van der Waals surface area contributed by atoms with Crippen molar-refractivity contribution in [1.82, 2.24) is 5.32 Å². The van der Waals surface area contributed by atoms with Crippen LogP contribution in [-0.2, 0) is 0 Å². The first kappa shape index (κ1) is 6.62. The molecule has 10 heavy (non-hydrogen) atoms. The zero-order valence-corrected chi connectivity index (χ0v) is 6.27. The Morgan fingerprint density at radius 2 is 2.30 bits per heavy atom. The molecule has 2 aliphatic rings. The van der Waals surface area contributed by atoms with Gasteiger partial charge in [-0.2, -0.15) is 0 Å². The molecule has 2 rings (SSSR count). The Morgan fingerprint density at radius 1 is 1.40 bits per heavy atom. The Bertz CT molecular complexity index is 137. The van der Waals surface area contributed by atoms with E-state index in [1.54, 1.807) is 0 Å². The zero-order valence-electron chi connectivity index (χ0n) is 6.27. The second-order valence-corrected chi connectivity index (χ2v) is 3.68. The molecule has 1 saturated carbocycles. The molecule has 2 atom stereocenters. The molecule has 58 valence electrons. The summed E-state index contributed by atoms with van der Waals surface area (Å²) in [5.41, 5.74) is -0.321. The number of nitrogens with one attached hydrogen (secondary N) is 1. The molecule has 0 spiro atoms. The van der Waals surface area contributed by atoms with E-state index in [9.17, 15) is 5.11 Å². The maximum Gasteiger partial charge on any atom is 0.0811 e. The molecule has 1 saturated heterocycles. The number of aliphatic hydroxyl groups is 1. The lowest BCUT2D eigenvalue weighted by atomic mass is 9.78. The number of rotatable bonds is 0. The maximum absolute atomic E-state index is 9.95. The topological polar surface area (TPSA) is 32.3 Å². The van der Waals surface area contributed by atoms with Gasteiger partial charge in [0.05, 0.1) is 5.60 Å². The average molecular weight is 141 g/mol. The minimum atomic E-state index is -0.321. The van der Waals surface area contributed by atoms with Crippen molar-refractivity contribution in [3.63, 3.8) is 0 Å². The van der Waals surface area contributed by atoms with Gasteiger partial charge in [0.15, 0.2) is 0 Å². The molecular weight excluding hydrogens is 126 g/mol. The van der Waals surface area contributed by atoms with Crippen LogP contribution in [0.15, 0.2) is 0 Å². The molecule has 1 aliphatic heterocycles. The van der Waals surface area contributed by atoms with Crippen LogP contribution < -0.4 is 5.32 Å². The molecule has 0 aromatic carbocycles. The number of hydrogen-bond acceptors (Lipinski definition) is 2. The van der Waals surface area contributed by atoms with Gasteiger partial charge < -0.3 is 10.4 Å². The van der Waals surface area contributed by atoms with Crippen molar-refractivity contribution in [2.24, 2.45) is 5.92 Å². The van der Waals surface area contributed by atoms with Crippen LogP contribution >= 0.6 is 0 Å². The fourth-order valence-electron chi connectivity index (χ4n) is 2.28. The van der Waals surface area contributed by atoms with Gasteiger partial charge in [-0.3, -0.25) is 0 Å². The Labute approximate surface area is 61.6 Å². The van der Waals surface area contributed by atoms with Gasteiger partial charge in [0.25, 0.3) is 0 Å². The van der Waals surface area contributed by atoms with Crippen LogP contribution in [0.5, 0.6) is 0 Å². The van der Waals surface area contributed by atoms with Crippen molar-refractivity contribution in [2.45, 2.75) is 31.3 Å². The fourth-order valence-corrected chi connectivity index (χ4v) is 2.28. The number of hydrogen-bond donors (Lipinski definition) is 2. The Kier molecular flexibility index (Phi) is 1.46. The lowest BCUT2D eigenvalue weighted by Gasteiger charge is -2.33. The first-order valence-electron chi connectivity index (χ1n) is 4.24. The van der Waals surface area contributed by atoms with Crippen molar-refractivity contribution in [3.8, 4) is 0 Å². The summed E-state index contributed by atoms with van der Waals surface area (Å²) in [5, 5.41) is 13.2. The third kappa shape index (κ3) is 0.867. The molecule has 2 nitrogen and oxygen atoms in total. The quantitative estimate of drug-likeness (QED) is 0.515. The predicted molar refractivity (Wildman–Crippen MR) is 39.8 cm³/mol. The summed E-state index contributed by atoms with van der Waals surface area (Å²) in [5.74, 6) is 0.557. The van der Waals surface area contributed by atoms with Gasteiger partial charge in [-0.25, -0.2) is 0 Å². The molecule has 2 N–H and O–H groups in total. The number of β-amino-alcohol motifs (C(OH)–C–C–N with tert-alkyl or cyclic N) is 1. The molecule has 1 heterocycles. The van der Waals surface area contributed by atoms with Crippen LogP contribution in [0.2, 0.25) is 0 Å². The number of fused-ring (bicyclic) bond motifs is 1. The summed E-state index contributed by atoms with van der Waals surface area (Å²) in [6.45, 7) is 1.87. The van der Waals surface area contributed by atoms with Crippen molar-refractivity contribution >= 4 is 0 Å². The Hall–Kier alpha value is -0.0800. The third-order valence-electron chi connectivity index (χ3n) is 2.99. The summed E-state index contributed by atoms with van der Waals surface area (Å²) in [6.07, 6.45) is 4.78. The second-order valence-electron chi connectivity index (χ2n) is 3.68. The highest BCUT2D eigenvalue weighted by Gasteiger charge is 2.42. The van der Waals surface area contributed by atoms with Crippen molar-refractivity contribution in [2.75, 3.05) is 13.1 Å². The summed E-state index contributed by atoms with van der Waals surface area (Å²) < 4.78 is 0. The summed E-state index contributed by atoms with van der Waals surface area (Å²) in [4.78, 5) is 0. The lowest BCUT2D eigenvalue weighted by Crippen LogP contribution is -2.39. The van der Waals surface area contributed by atoms with Gasteiger partial charge in [0.2, 0.25) is 0 Å². The smallest absolute Gasteiger partial charge is 0.0811 e. The van der Waals surface area contributed by atoms with Crippen LogP contribution in [0.3, 0.4) is 0 Å². The average Bonchev–Trinajstić information content (AvgIpc) is 2.29. The van der Waals surface area contributed by atoms with Crippen LogP contribution in [0.25, 0.3) is 0 Å². The predicted octanol–water partition coefficient (Wildman–Crippen LogP) is 0.511. The monoisotopic (exact) mass is 141 g/mol. The molecule has 2 heteroatoms. The normalized spacial score (nSPS) is 47.1. The maximum atomic E-state index is 9.95. The van der Waals surface area contributed by atoms with E-state index < -0.39 is 0 Å². The van der Waals surface area contributed by atoms with Gasteiger partial charge in [-0.15, -0.1) is 0 Å². The molecule has 0 aromatic heterocycles. The van der Waals surface area contributed by atoms with Gasteiger partial charge in [-0.1, -0.05) is 12.8 Å². The molecule has 1 aliphatic carbocycles. The van der Waals surface area contributed by atoms with E-state index in [0.29, 0.717) is 5.92 Å². The van der Waals surface area contributed by atoms with E-state index in [0.717, 1.165) is 19.5 Å². The van der Waals surface area contributed by atoms with Crippen LogP contribution in [-0.4, -0.2) is 23.8 Å². The van der Waals surface area contributed by atoms with Gasteiger partial charge >= 0.3 is 0 Å². The van der Waals surface area contributed by atoms with Crippen LogP contribution in [0.1, 0.15) is 25.7 Å². The molecule has 2 fully saturated rings. The van der Waals surface area contributed by atoms with Crippen molar-refractivity contribution in [3.05, 3.63) is 0 Å². The molecular formula is C8H15NO. The van der Waals surface area contributed by atoms with E-state index in [2.05, 4.69) is 5.32 Å². The Morgan fingerprint density at radius 3 is 3.10 bits per heavy atom. The highest BCUT2D eigenvalue weighted by atomic mass is 16.3. The zero-order chi connectivity index (χ0) is 7.03. The highest BCUT2D eigenvalue weighted by Crippen LogP contribution is 2.35. The molecule has 0 amide bonds. The fraction of sp³-hybridized carbons (Fsp3) is 1.00. The minimum absolute atomic E-state index is 0.321. The molecule has 0 aromatic rings. The van der Waals surface area contributed by atoms with Crippen molar-refractivity contribution < 1.29 is 5.11 Å². The van der Waals surface area contributed by atoms with E-state index in [1.807, 2.05) is 0 Å². The molecule has 0 radical (unpaired) electrons. The van der Waals surface area contributed by atoms with Crippen LogP contribution in [0, 0.1) is 5.92 Å². The molecule has 2 unspecified atom stereocenters. The van der Waals surface area contributed by atoms with Gasteiger partial charge in [0.1, 0.15) is 0 Å². The van der Waals surface area contributed by atoms with Crippen molar-refractivity contribution in [1.29, 1.82) is 0 Å². The minimum Gasteiger partial charge on any atom is -0.388 e. The van der Waals surface area contributed by atoms with Crippen LogP contribution in [0.4, 0.5) is 0 Å². The van der Waals surface area contributed by atoms with Gasteiger partial charge in [-0.05, 0) is 12.8 Å². The molecule has 0 bridgehead atoms.